The topological polar surface area (TPSA) is 67.5 Å². The van der Waals surface area contributed by atoms with Crippen molar-refractivity contribution < 1.29 is 4.92 Å². The molecule has 0 saturated heterocycles. The highest BCUT2D eigenvalue weighted by Gasteiger charge is 2.06. The molecule has 5 nitrogen and oxygen atoms in total. The Morgan fingerprint density at radius 1 is 1.21 bits per heavy atom. The van der Waals surface area contributed by atoms with Crippen LogP contribution < -0.4 is 5.43 Å². The summed E-state index contributed by atoms with van der Waals surface area (Å²) in [5.41, 5.74) is 5.45. The molecule has 0 aromatic heterocycles. The molecule has 0 aliphatic rings. The summed E-state index contributed by atoms with van der Waals surface area (Å²) >= 11 is 0. The van der Waals surface area contributed by atoms with Crippen molar-refractivity contribution in [1.29, 1.82) is 0 Å². The lowest BCUT2D eigenvalue weighted by molar-refractivity contribution is -0.384. The largest absolute Gasteiger partial charge is 0.279 e. The summed E-state index contributed by atoms with van der Waals surface area (Å²) in [7, 11) is 0. The van der Waals surface area contributed by atoms with Crippen LogP contribution in [0.5, 0.6) is 0 Å². The second-order valence-electron chi connectivity index (χ2n) is 4.03. The maximum Gasteiger partial charge on any atom is 0.270 e. The number of para-hydroxylation sites is 1. The molecule has 0 aliphatic carbocycles. The molecule has 0 fully saturated rings. The molecule has 0 bridgehead atoms. The first-order chi connectivity index (χ1) is 9.16. The van der Waals surface area contributed by atoms with Gasteiger partial charge in [0, 0.05) is 17.7 Å². The lowest BCUT2D eigenvalue weighted by atomic mass is 10.1. The van der Waals surface area contributed by atoms with Crippen LogP contribution in [0.2, 0.25) is 0 Å². The van der Waals surface area contributed by atoms with Crippen LogP contribution in [0.3, 0.4) is 0 Å². The van der Waals surface area contributed by atoms with Crippen molar-refractivity contribution in [3.63, 3.8) is 0 Å². The van der Waals surface area contributed by atoms with Gasteiger partial charge in [-0.2, -0.15) is 5.10 Å². The number of nitro groups is 1. The Hall–Kier alpha value is -2.69. The maximum absolute atomic E-state index is 10.7. The lowest BCUT2D eigenvalue weighted by Crippen LogP contribution is -1.95. The SMILES string of the molecule is Cc1ccc([N+](=O)[O-])cc1C=NNc1ccccc1. The monoisotopic (exact) mass is 255 g/mol. The highest BCUT2D eigenvalue weighted by atomic mass is 16.6. The van der Waals surface area contributed by atoms with Gasteiger partial charge in [-0.25, -0.2) is 0 Å². The van der Waals surface area contributed by atoms with Gasteiger partial charge in [0.15, 0.2) is 0 Å². The maximum atomic E-state index is 10.7. The van der Waals surface area contributed by atoms with Crippen molar-refractivity contribution in [3.8, 4) is 0 Å². The van der Waals surface area contributed by atoms with Gasteiger partial charge in [-0.05, 0) is 24.6 Å². The molecule has 5 heteroatoms. The van der Waals surface area contributed by atoms with E-state index in [1.165, 1.54) is 12.1 Å². The Bertz CT molecular complexity index is 609. The molecule has 0 spiro atoms. The van der Waals surface area contributed by atoms with E-state index in [0.29, 0.717) is 0 Å². The Labute approximate surface area is 110 Å². The Morgan fingerprint density at radius 2 is 1.95 bits per heavy atom. The van der Waals surface area contributed by atoms with E-state index < -0.39 is 4.92 Å². The normalized spacial score (nSPS) is 10.6. The van der Waals surface area contributed by atoms with Crippen molar-refractivity contribution in [3.05, 3.63) is 69.8 Å². The van der Waals surface area contributed by atoms with Gasteiger partial charge in [0.1, 0.15) is 0 Å². The Morgan fingerprint density at radius 3 is 2.63 bits per heavy atom. The van der Waals surface area contributed by atoms with E-state index in [9.17, 15) is 10.1 Å². The second kappa shape index (κ2) is 5.77. The van der Waals surface area contributed by atoms with Gasteiger partial charge in [0.2, 0.25) is 0 Å². The number of anilines is 1. The molecule has 0 unspecified atom stereocenters. The molecule has 0 heterocycles. The zero-order chi connectivity index (χ0) is 13.7. The van der Waals surface area contributed by atoms with Gasteiger partial charge in [0.05, 0.1) is 16.8 Å². The van der Waals surface area contributed by atoms with Gasteiger partial charge >= 0.3 is 0 Å². The fourth-order valence-corrected chi connectivity index (χ4v) is 1.57. The van der Waals surface area contributed by atoms with E-state index >= 15 is 0 Å². The molecule has 0 aliphatic heterocycles. The van der Waals surface area contributed by atoms with Crippen molar-refractivity contribution in [2.75, 3.05) is 5.43 Å². The van der Waals surface area contributed by atoms with E-state index in [4.69, 9.17) is 0 Å². The molecule has 2 aromatic carbocycles. The molecule has 19 heavy (non-hydrogen) atoms. The van der Waals surface area contributed by atoms with Crippen molar-refractivity contribution >= 4 is 17.6 Å². The van der Waals surface area contributed by atoms with Crippen molar-refractivity contribution in [2.45, 2.75) is 6.92 Å². The fourth-order valence-electron chi connectivity index (χ4n) is 1.57. The summed E-state index contributed by atoms with van der Waals surface area (Å²) in [5, 5.41) is 14.8. The quantitative estimate of drug-likeness (QED) is 0.517. The third kappa shape index (κ3) is 3.38. The average molecular weight is 255 g/mol. The molecule has 2 rings (SSSR count). The minimum absolute atomic E-state index is 0.0618. The summed E-state index contributed by atoms with van der Waals surface area (Å²) in [5.74, 6) is 0. The fraction of sp³-hybridized carbons (Fsp3) is 0.0714. The number of nitrogens with zero attached hydrogens (tertiary/aromatic N) is 2. The summed E-state index contributed by atoms with van der Waals surface area (Å²) in [6, 6.07) is 14.2. The van der Waals surface area contributed by atoms with Gasteiger partial charge in [-0.15, -0.1) is 0 Å². The van der Waals surface area contributed by atoms with E-state index in [0.717, 1.165) is 16.8 Å². The number of rotatable bonds is 4. The van der Waals surface area contributed by atoms with E-state index in [1.54, 1.807) is 12.3 Å². The van der Waals surface area contributed by atoms with Crippen molar-refractivity contribution in [2.24, 2.45) is 5.10 Å². The van der Waals surface area contributed by atoms with E-state index in [1.807, 2.05) is 37.3 Å². The van der Waals surface area contributed by atoms with Crippen LogP contribution in [0.1, 0.15) is 11.1 Å². The van der Waals surface area contributed by atoms with Crippen LogP contribution in [0.4, 0.5) is 11.4 Å². The lowest BCUT2D eigenvalue weighted by Gasteiger charge is -2.01. The third-order valence-corrected chi connectivity index (χ3v) is 2.64. The molecule has 2 aromatic rings. The van der Waals surface area contributed by atoms with Gasteiger partial charge < -0.3 is 0 Å². The molecular formula is C14H13N3O2. The van der Waals surface area contributed by atoms with Crippen LogP contribution in [0, 0.1) is 17.0 Å². The first-order valence-electron chi connectivity index (χ1n) is 5.76. The number of nitrogens with one attached hydrogen (secondary N) is 1. The highest BCUT2D eigenvalue weighted by molar-refractivity contribution is 5.83. The van der Waals surface area contributed by atoms with Crippen LogP contribution in [0.25, 0.3) is 0 Å². The smallest absolute Gasteiger partial charge is 0.270 e. The second-order valence-corrected chi connectivity index (χ2v) is 4.03. The summed E-state index contributed by atoms with van der Waals surface area (Å²) in [4.78, 5) is 10.3. The third-order valence-electron chi connectivity index (χ3n) is 2.64. The van der Waals surface area contributed by atoms with Crippen LogP contribution >= 0.6 is 0 Å². The zero-order valence-corrected chi connectivity index (χ0v) is 10.4. The molecule has 0 amide bonds. The number of hydrazone groups is 1. The van der Waals surface area contributed by atoms with Gasteiger partial charge in [0.25, 0.3) is 5.69 Å². The minimum Gasteiger partial charge on any atom is -0.279 e. The summed E-state index contributed by atoms with van der Waals surface area (Å²) in [6.07, 6.45) is 1.58. The molecular weight excluding hydrogens is 242 g/mol. The predicted molar refractivity (Wildman–Crippen MR) is 75.5 cm³/mol. The van der Waals surface area contributed by atoms with Crippen molar-refractivity contribution in [1.82, 2.24) is 0 Å². The first-order valence-corrected chi connectivity index (χ1v) is 5.76. The first kappa shape index (κ1) is 12.8. The number of hydrogen-bond acceptors (Lipinski definition) is 4. The molecule has 0 saturated carbocycles. The molecule has 1 N–H and O–H groups in total. The Kier molecular flexibility index (Phi) is 3.87. The van der Waals surface area contributed by atoms with Gasteiger partial charge in [-0.3, -0.25) is 15.5 Å². The molecule has 0 atom stereocenters. The number of nitro benzene ring substituents is 1. The zero-order valence-electron chi connectivity index (χ0n) is 10.4. The van der Waals surface area contributed by atoms with Gasteiger partial charge in [-0.1, -0.05) is 24.3 Å². The average Bonchev–Trinajstić information content (AvgIpc) is 2.42. The minimum atomic E-state index is -0.415. The van der Waals surface area contributed by atoms with E-state index in [2.05, 4.69) is 10.5 Å². The van der Waals surface area contributed by atoms with Crippen LogP contribution in [0.15, 0.2) is 53.6 Å². The highest BCUT2D eigenvalue weighted by Crippen LogP contribution is 2.15. The number of non-ortho nitro benzene ring substituents is 1. The standard InChI is InChI=1S/C14H13N3O2/c1-11-7-8-14(17(18)19)9-12(11)10-15-16-13-5-3-2-4-6-13/h2-10,16H,1H3. The van der Waals surface area contributed by atoms with Crippen LogP contribution in [-0.2, 0) is 0 Å². The number of aryl methyl sites for hydroxylation is 1. The Balaban J connectivity index is 2.14. The van der Waals surface area contributed by atoms with Crippen LogP contribution in [-0.4, -0.2) is 11.1 Å². The summed E-state index contributed by atoms with van der Waals surface area (Å²) < 4.78 is 0. The summed E-state index contributed by atoms with van der Waals surface area (Å²) in [6.45, 7) is 1.88. The number of hydrogen-bond donors (Lipinski definition) is 1. The molecule has 96 valence electrons. The predicted octanol–water partition coefficient (Wildman–Crippen LogP) is 3.35. The number of benzene rings is 2. The molecule has 0 radical (unpaired) electrons. The van der Waals surface area contributed by atoms with E-state index in [-0.39, 0.29) is 5.69 Å².